The van der Waals surface area contributed by atoms with Crippen molar-refractivity contribution in [3.05, 3.63) is 58.1 Å². The molecule has 4 aromatic rings. The Morgan fingerprint density at radius 3 is 2.53 bits per heavy atom. The highest BCUT2D eigenvalue weighted by atomic mass is 32.1. The Bertz CT molecular complexity index is 1410. The number of nitrogens with zero attached hydrogens (tertiary/aromatic N) is 7. The van der Waals surface area contributed by atoms with Gasteiger partial charge in [0.15, 0.2) is 5.82 Å². The summed E-state index contributed by atoms with van der Waals surface area (Å²) in [6, 6.07) is 1.04. The van der Waals surface area contributed by atoms with E-state index in [9.17, 15) is 18.0 Å². The second kappa shape index (κ2) is 9.32. The summed E-state index contributed by atoms with van der Waals surface area (Å²) in [5, 5.41) is 8.40. The van der Waals surface area contributed by atoms with Gasteiger partial charge < -0.3 is 4.90 Å². The molecule has 1 atom stereocenters. The van der Waals surface area contributed by atoms with Crippen molar-refractivity contribution in [1.29, 1.82) is 0 Å². The van der Waals surface area contributed by atoms with Crippen LogP contribution in [0.3, 0.4) is 0 Å². The fourth-order valence-corrected chi connectivity index (χ4v) is 5.40. The van der Waals surface area contributed by atoms with E-state index in [2.05, 4.69) is 25.1 Å². The Labute approximate surface area is 209 Å². The van der Waals surface area contributed by atoms with Gasteiger partial charge in [0, 0.05) is 36.8 Å². The number of carbonyl (C=O) groups excluding carboxylic acids is 1. The van der Waals surface area contributed by atoms with Gasteiger partial charge in [-0.3, -0.25) is 4.79 Å². The van der Waals surface area contributed by atoms with Crippen LogP contribution in [-0.4, -0.2) is 54.7 Å². The highest BCUT2D eigenvalue weighted by molar-refractivity contribution is 7.18. The molecule has 4 heterocycles. The molecule has 0 saturated heterocycles. The maximum atomic E-state index is 13.7. The van der Waals surface area contributed by atoms with Gasteiger partial charge in [-0.15, -0.1) is 4.80 Å². The number of ketones is 1. The lowest BCUT2D eigenvalue weighted by molar-refractivity contribution is -0.138. The summed E-state index contributed by atoms with van der Waals surface area (Å²) in [5.74, 6) is -0.182. The van der Waals surface area contributed by atoms with Crippen molar-refractivity contribution in [2.24, 2.45) is 5.92 Å². The average molecular weight is 516 g/mol. The predicted molar refractivity (Wildman–Crippen MR) is 128 cm³/mol. The number of aromatic nitrogens is 6. The first-order valence-corrected chi connectivity index (χ1v) is 12.3. The van der Waals surface area contributed by atoms with Gasteiger partial charge in [0.05, 0.1) is 17.4 Å². The Balaban J connectivity index is 1.46. The number of pyridine rings is 2. The van der Waals surface area contributed by atoms with Crippen molar-refractivity contribution >= 4 is 27.5 Å². The minimum atomic E-state index is -4.68. The number of aryl methyl sites for hydroxylation is 1. The summed E-state index contributed by atoms with van der Waals surface area (Å²) in [6.45, 7) is 1.93. The van der Waals surface area contributed by atoms with Crippen LogP contribution in [0.4, 0.5) is 13.2 Å². The topological polar surface area (TPSA) is 89.7 Å². The van der Waals surface area contributed by atoms with Gasteiger partial charge in [0.2, 0.25) is 0 Å². The van der Waals surface area contributed by atoms with E-state index in [1.807, 2.05) is 21.0 Å². The quantitative estimate of drug-likeness (QED) is 0.344. The van der Waals surface area contributed by atoms with E-state index in [1.165, 1.54) is 29.9 Å². The Morgan fingerprint density at radius 1 is 1.17 bits per heavy atom. The first-order chi connectivity index (χ1) is 17.1. The Hall–Kier alpha value is -3.25. The molecule has 1 aliphatic carbocycles. The zero-order chi connectivity index (χ0) is 25.6. The van der Waals surface area contributed by atoms with E-state index < -0.39 is 17.6 Å². The molecule has 0 aromatic carbocycles. The van der Waals surface area contributed by atoms with Crippen molar-refractivity contribution in [3.63, 3.8) is 0 Å². The average Bonchev–Trinajstić information content (AvgIpc) is 3.32. The maximum absolute atomic E-state index is 13.7. The van der Waals surface area contributed by atoms with Crippen LogP contribution in [-0.2, 0) is 23.8 Å². The molecule has 5 rings (SSSR count). The molecule has 0 N–H and O–H groups in total. The number of hydrogen-bond acceptors (Lipinski definition) is 8. The molecular formula is C24H24F3N7OS. The molecule has 1 aliphatic rings. The van der Waals surface area contributed by atoms with Gasteiger partial charge in [0.25, 0.3) is 0 Å². The van der Waals surface area contributed by atoms with Crippen LogP contribution in [0.15, 0.2) is 30.9 Å². The number of alkyl halides is 3. The van der Waals surface area contributed by atoms with E-state index in [1.54, 1.807) is 6.20 Å². The Morgan fingerprint density at radius 2 is 1.89 bits per heavy atom. The number of fused-ring (bicyclic) bond motifs is 1. The second-order valence-corrected chi connectivity index (χ2v) is 10.4. The van der Waals surface area contributed by atoms with Crippen LogP contribution in [0, 0.1) is 12.8 Å². The van der Waals surface area contributed by atoms with Gasteiger partial charge in [-0.1, -0.05) is 11.3 Å². The molecule has 12 heteroatoms. The molecule has 1 fully saturated rings. The third-order valence-electron chi connectivity index (χ3n) is 6.20. The van der Waals surface area contributed by atoms with Crippen molar-refractivity contribution in [3.8, 4) is 5.82 Å². The van der Waals surface area contributed by atoms with Gasteiger partial charge in [0.1, 0.15) is 21.7 Å². The first-order valence-electron chi connectivity index (χ1n) is 11.5. The molecule has 8 nitrogen and oxygen atoms in total. The highest BCUT2D eigenvalue weighted by Gasteiger charge is 2.38. The lowest BCUT2D eigenvalue weighted by Crippen LogP contribution is -2.24. The fourth-order valence-electron chi connectivity index (χ4n) is 4.63. The van der Waals surface area contributed by atoms with E-state index in [-0.39, 0.29) is 30.2 Å². The van der Waals surface area contributed by atoms with Crippen LogP contribution in [0.2, 0.25) is 0 Å². The molecule has 36 heavy (non-hydrogen) atoms. The SMILES string of the molecule is Cc1nc2c(C(C3CC3)N(C)C)c(CC(=O)Cc3cnc(-n4nccn4)c(C(F)(F)F)c3)cnc2s1. The standard InChI is InChI=1S/C24H24F3N7OS/c1-13-32-20-19(21(33(2)3)15-4-5-15)16(12-29-23(20)36-13)10-17(35)8-14-9-18(24(25,26)27)22(28-11-14)34-30-6-7-31-34/h6-7,9,11-12,15,21H,4-5,8,10H2,1-3H3. The van der Waals surface area contributed by atoms with E-state index in [0.29, 0.717) is 5.92 Å². The minimum absolute atomic E-state index is 0.0513. The molecular weight excluding hydrogens is 491 g/mol. The molecule has 0 radical (unpaired) electrons. The number of hydrogen-bond donors (Lipinski definition) is 0. The zero-order valence-corrected chi connectivity index (χ0v) is 20.8. The lowest BCUT2D eigenvalue weighted by Gasteiger charge is -2.27. The van der Waals surface area contributed by atoms with Crippen LogP contribution in [0.25, 0.3) is 16.2 Å². The van der Waals surface area contributed by atoms with Crippen molar-refractivity contribution < 1.29 is 18.0 Å². The summed E-state index contributed by atoms with van der Waals surface area (Å²) in [4.78, 5) is 30.1. The molecule has 0 bridgehead atoms. The Kier molecular flexibility index (Phi) is 6.33. The number of halogens is 3. The normalized spacial score (nSPS) is 15.1. The third kappa shape index (κ3) is 4.87. The number of Topliss-reactive ketones (excluding diaryl/α,β-unsaturated/α-hetero) is 1. The monoisotopic (exact) mass is 515 g/mol. The second-order valence-electron chi connectivity index (χ2n) is 9.25. The fraction of sp³-hybridized carbons (Fsp3) is 0.417. The third-order valence-corrected chi connectivity index (χ3v) is 7.08. The van der Waals surface area contributed by atoms with Gasteiger partial charge in [-0.05, 0) is 57.0 Å². The smallest absolute Gasteiger partial charge is 0.302 e. The molecule has 188 valence electrons. The molecule has 0 aliphatic heterocycles. The molecule has 1 saturated carbocycles. The zero-order valence-electron chi connectivity index (χ0n) is 20.0. The molecule has 0 amide bonds. The number of carbonyl (C=O) groups is 1. The van der Waals surface area contributed by atoms with Gasteiger partial charge >= 0.3 is 6.18 Å². The predicted octanol–water partition coefficient (Wildman–Crippen LogP) is 4.36. The summed E-state index contributed by atoms with van der Waals surface area (Å²) >= 11 is 1.51. The number of thiazole rings is 1. The van der Waals surface area contributed by atoms with Crippen LogP contribution < -0.4 is 0 Å². The summed E-state index contributed by atoms with van der Waals surface area (Å²) in [7, 11) is 4.03. The van der Waals surface area contributed by atoms with E-state index in [4.69, 9.17) is 4.98 Å². The molecule has 0 spiro atoms. The molecule has 1 unspecified atom stereocenters. The van der Waals surface area contributed by atoms with Crippen molar-refractivity contribution in [2.45, 2.75) is 44.8 Å². The summed E-state index contributed by atoms with van der Waals surface area (Å²) in [6.07, 6.45) is 2.93. The number of rotatable bonds is 8. The van der Waals surface area contributed by atoms with Gasteiger partial charge in [-0.2, -0.15) is 23.4 Å². The molecule has 4 aromatic heterocycles. The lowest BCUT2D eigenvalue weighted by atomic mass is 9.92. The van der Waals surface area contributed by atoms with Crippen LogP contribution >= 0.6 is 11.3 Å². The van der Waals surface area contributed by atoms with Crippen molar-refractivity contribution in [1.82, 2.24) is 34.8 Å². The van der Waals surface area contributed by atoms with E-state index in [0.717, 1.165) is 50.2 Å². The first kappa shape index (κ1) is 24.4. The van der Waals surface area contributed by atoms with Crippen LogP contribution in [0.5, 0.6) is 0 Å². The maximum Gasteiger partial charge on any atom is 0.420 e. The van der Waals surface area contributed by atoms with Crippen LogP contribution in [0.1, 0.15) is 46.1 Å². The summed E-state index contributed by atoms with van der Waals surface area (Å²) in [5.41, 5.74) is 1.76. The summed E-state index contributed by atoms with van der Waals surface area (Å²) < 4.78 is 41.2. The van der Waals surface area contributed by atoms with E-state index >= 15 is 0 Å². The largest absolute Gasteiger partial charge is 0.420 e. The minimum Gasteiger partial charge on any atom is -0.302 e. The van der Waals surface area contributed by atoms with Gasteiger partial charge in [-0.25, -0.2) is 15.0 Å². The highest BCUT2D eigenvalue weighted by Crippen LogP contribution is 2.46. The van der Waals surface area contributed by atoms with Crippen molar-refractivity contribution in [2.75, 3.05) is 14.1 Å².